The molecule has 2 aromatic carbocycles. The second kappa shape index (κ2) is 11.0. The average molecular weight is 550 g/mol. The number of hydrogen-bond acceptors (Lipinski definition) is 6. The number of hydrogen-bond donors (Lipinski definition) is 0. The van der Waals surface area contributed by atoms with Gasteiger partial charge in [0, 0.05) is 38.3 Å². The van der Waals surface area contributed by atoms with E-state index in [9.17, 15) is 22.4 Å². The standard InChI is InChI=1S/C28H31F4N3O4/c1-26(2,3)39-25(36)35-15-27(16-35)17-37-24(38-18-27)10-11-34(21-7-4-19(13-33)5-8-21)14-20-6-9-22(23(29)12-20)28(30,31)32/h4-9,12,24H,10-11,14-18H2,1-3H3. The monoisotopic (exact) mass is 549 g/mol. The molecule has 2 fully saturated rings. The maximum atomic E-state index is 14.2. The molecule has 0 saturated carbocycles. The van der Waals surface area contributed by atoms with Gasteiger partial charge in [-0.2, -0.15) is 18.4 Å². The first-order valence-electron chi connectivity index (χ1n) is 12.6. The van der Waals surface area contributed by atoms with Crippen molar-refractivity contribution in [3.8, 4) is 6.07 Å². The fourth-order valence-electron chi connectivity index (χ4n) is 4.61. The van der Waals surface area contributed by atoms with Crippen LogP contribution in [0.25, 0.3) is 0 Å². The minimum atomic E-state index is -4.77. The summed E-state index contributed by atoms with van der Waals surface area (Å²) in [4.78, 5) is 15.7. The molecule has 2 aliphatic rings. The van der Waals surface area contributed by atoms with Crippen LogP contribution in [0.2, 0.25) is 0 Å². The Labute approximate surface area is 224 Å². The van der Waals surface area contributed by atoms with Crippen LogP contribution in [0.5, 0.6) is 0 Å². The number of amides is 1. The van der Waals surface area contributed by atoms with Crippen molar-refractivity contribution in [1.82, 2.24) is 4.90 Å². The normalized spacial score (nSPS) is 17.4. The summed E-state index contributed by atoms with van der Waals surface area (Å²) < 4.78 is 70.5. The molecule has 2 saturated heterocycles. The number of likely N-dealkylation sites (tertiary alicyclic amines) is 1. The molecule has 0 aromatic heterocycles. The smallest absolute Gasteiger partial charge is 0.419 e. The quantitative estimate of drug-likeness (QED) is 0.429. The lowest BCUT2D eigenvalue weighted by Crippen LogP contribution is -2.65. The van der Waals surface area contributed by atoms with E-state index in [4.69, 9.17) is 19.5 Å². The number of nitrogens with zero attached hydrogens (tertiary/aromatic N) is 3. The highest BCUT2D eigenvalue weighted by molar-refractivity contribution is 5.69. The summed E-state index contributed by atoms with van der Waals surface area (Å²) in [6, 6.07) is 11.7. The van der Waals surface area contributed by atoms with Gasteiger partial charge in [0.05, 0.1) is 35.8 Å². The molecule has 0 N–H and O–H groups in total. The number of ether oxygens (including phenoxy) is 3. The van der Waals surface area contributed by atoms with Gasteiger partial charge in [0.15, 0.2) is 6.29 Å². The van der Waals surface area contributed by atoms with Crippen molar-refractivity contribution >= 4 is 11.8 Å². The molecular weight excluding hydrogens is 518 g/mol. The van der Waals surface area contributed by atoms with Crippen LogP contribution < -0.4 is 4.90 Å². The van der Waals surface area contributed by atoms with Gasteiger partial charge < -0.3 is 24.0 Å². The first-order valence-corrected chi connectivity index (χ1v) is 12.6. The van der Waals surface area contributed by atoms with Gasteiger partial charge in [0.1, 0.15) is 11.4 Å². The van der Waals surface area contributed by atoms with Gasteiger partial charge in [-0.3, -0.25) is 0 Å². The van der Waals surface area contributed by atoms with Gasteiger partial charge in [-0.25, -0.2) is 9.18 Å². The Morgan fingerprint density at radius 3 is 2.31 bits per heavy atom. The SMILES string of the molecule is CC(C)(C)OC(=O)N1CC2(COC(CCN(Cc3ccc(C(F)(F)F)c(F)c3)c3ccc(C#N)cc3)OC2)C1. The Kier molecular flexibility index (Phi) is 8.09. The lowest BCUT2D eigenvalue weighted by atomic mass is 9.81. The Hall–Kier alpha value is -3.36. The lowest BCUT2D eigenvalue weighted by molar-refractivity contribution is -0.254. The van der Waals surface area contributed by atoms with Gasteiger partial charge >= 0.3 is 12.3 Å². The van der Waals surface area contributed by atoms with Crippen LogP contribution in [0.3, 0.4) is 0 Å². The Bertz CT molecular complexity index is 1210. The van der Waals surface area contributed by atoms with Crippen LogP contribution in [-0.2, 0) is 26.9 Å². The molecule has 39 heavy (non-hydrogen) atoms. The molecule has 2 heterocycles. The van der Waals surface area contributed by atoms with E-state index >= 15 is 0 Å². The van der Waals surface area contributed by atoms with E-state index < -0.39 is 29.4 Å². The highest BCUT2D eigenvalue weighted by Crippen LogP contribution is 2.36. The zero-order valence-electron chi connectivity index (χ0n) is 22.1. The first-order chi connectivity index (χ1) is 18.3. The minimum Gasteiger partial charge on any atom is -0.444 e. The van der Waals surface area contributed by atoms with Gasteiger partial charge in [-0.1, -0.05) is 6.07 Å². The highest BCUT2D eigenvalue weighted by Gasteiger charge is 2.49. The minimum absolute atomic E-state index is 0.141. The third kappa shape index (κ3) is 7.19. The predicted molar refractivity (Wildman–Crippen MR) is 134 cm³/mol. The van der Waals surface area contributed by atoms with Crippen molar-refractivity contribution in [2.75, 3.05) is 37.7 Å². The zero-order valence-corrected chi connectivity index (χ0v) is 22.1. The van der Waals surface area contributed by atoms with Crippen molar-refractivity contribution in [1.29, 1.82) is 5.26 Å². The van der Waals surface area contributed by atoms with E-state index in [-0.39, 0.29) is 18.1 Å². The molecule has 11 heteroatoms. The highest BCUT2D eigenvalue weighted by atomic mass is 19.4. The summed E-state index contributed by atoms with van der Waals surface area (Å²) in [5.74, 6) is -1.33. The third-order valence-corrected chi connectivity index (χ3v) is 6.56. The fraction of sp³-hybridized carbons (Fsp3) is 0.500. The van der Waals surface area contributed by atoms with E-state index in [0.717, 1.165) is 12.1 Å². The van der Waals surface area contributed by atoms with Crippen LogP contribution in [-0.4, -0.2) is 55.7 Å². The summed E-state index contributed by atoms with van der Waals surface area (Å²) in [6.45, 7) is 7.76. The summed E-state index contributed by atoms with van der Waals surface area (Å²) in [5.41, 5.74) is -0.616. The molecule has 2 aromatic rings. The zero-order chi connectivity index (χ0) is 28.4. The van der Waals surface area contributed by atoms with Gasteiger partial charge in [0.2, 0.25) is 0 Å². The average Bonchev–Trinajstić information content (AvgIpc) is 2.83. The number of nitriles is 1. The van der Waals surface area contributed by atoms with Crippen molar-refractivity contribution in [2.45, 2.75) is 51.8 Å². The predicted octanol–water partition coefficient (Wildman–Crippen LogP) is 5.72. The van der Waals surface area contributed by atoms with Gasteiger partial charge in [-0.05, 0) is 62.7 Å². The maximum absolute atomic E-state index is 14.2. The van der Waals surface area contributed by atoms with E-state index in [1.54, 1.807) is 29.2 Å². The largest absolute Gasteiger partial charge is 0.444 e. The number of rotatable bonds is 6. The number of alkyl halides is 3. The molecule has 0 bridgehead atoms. The Morgan fingerprint density at radius 2 is 1.77 bits per heavy atom. The van der Waals surface area contributed by atoms with E-state index in [0.29, 0.717) is 56.1 Å². The molecule has 0 radical (unpaired) electrons. The molecule has 7 nitrogen and oxygen atoms in total. The van der Waals surface area contributed by atoms with Crippen molar-refractivity contribution in [3.63, 3.8) is 0 Å². The second-order valence-corrected chi connectivity index (χ2v) is 11.1. The molecule has 0 aliphatic carbocycles. The lowest BCUT2D eigenvalue weighted by Gasteiger charge is -2.52. The van der Waals surface area contributed by atoms with Crippen LogP contribution in [0.1, 0.15) is 43.9 Å². The van der Waals surface area contributed by atoms with Gasteiger partial charge in [0.25, 0.3) is 0 Å². The Morgan fingerprint density at radius 1 is 1.13 bits per heavy atom. The molecule has 210 valence electrons. The van der Waals surface area contributed by atoms with Crippen LogP contribution in [0.4, 0.5) is 28.0 Å². The molecule has 1 amide bonds. The summed E-state index contributed by atoms with van der Waals surface area (Å²) >= 11 is 0. The molecule has 4 rings (SSSR count). The molecule has 0 atom stereocenters. The van der Waals surface area contributed by atoms with Crippen molar-refractivity contribution < 1.29 is 36.6 Å². The van der Waals surface area contributed by atoms with E-state index in [1.165, 1.54) is 6.07 Å². The molecule has 0 unspecified atom stereocenters. The second-order valence-electron chi connectivity index (χ2n) is 11.1. The maximum Gasteiger partial charge on any atom is 0.419 e. The first kappa shape index (κ1) is 28.6. The summed E-state index contributed by atoms with van der Waals surface area (Å²) in [5, 5.41) is 9.10. The van der Waals surface area contributed by atoms with E-state index in [1.807, 2.05) is 31.7 Å². The number of carbonyl (C=O) groups excluding carboxylic acids is 1. The number of halogens is 4. The molecule has 1 spiro atoms. The van der Waals surface area contributed by atoms with E-state index in [2.05, 4.69) is 0 Å². The molecule has 2 aliphatic heterocycles. The Balaban J connectivity index is 1.36. The third-order valence-electron chi connectivity index (χ3n) is 6.56. The molecular formula is C28H31F4N3O4. The van der Waals surface area contributed by atoms with Gasteiger partial charge in [-0.15, -0.1) is 0 Å². The van der Waals surface area contributed by atoms with Crippen LogP contribution >= 0.6 is 0 Å². The van der Waals surface area contributed by atoms with Crippen molar-refractivity contribution in [3.05, 3.63) is 65.0 Å². The summed E-state index contributed by atoms with van der Waals surface area (Å²) in [6.07, 6.45) is -5.22. The fourth-order valence-corrected chi connectivity index (χ4v) is 4.61. The van der Waals surface area contributed by atoms with Crippen molar-refractivity contribution in [2.24, 2.45) is 5.41 Å². The summed E-state index contributed by atoms with van der Waals surface area (Å²) in [7, 11) is 0. The number of carbonyl (C=O) groups is 1. The van der Waals surface area contributed by atoms with Crippen LogP contribution in [0, 0.1) is 22.6 Å². The number of anilines is 1. The topological polar surface area (TPSA) is 75.0 Å². The number of benzene rings is 2. The van der Waals surface area contributed by atoms with Crippen LogP contribution in [0.15, 0.2) is 42.5 Å².